The molecule has 102 valence electrons. The first-order valence-electron chi connectivity index (χ1n) is 6.35. The van der Waals surface area contributed by atoms with Crippen LogP contribution >= 0.6 is 0 Å². The molecule has 0 unspecified atom stereocenters. The van der Waals surface area contributed by atoms with Gasteiger partial charge in [0.2, 0.25) is 0 Å². The highest BCUT2D eigenvalue weighted by molar-refractivity contribution is 5.82. The van der Waals surface area contributed by atoms with E-state index in [4.69, 9.17) is 0 Å². The second kappa shape index (κ2) is 5.23. The summed E-state index contributed by atoms with van der Waals surface area (Å²) < 4.78 is 13.7. The van der Waals surface area contributed by atoms with Gasteiger partial charge in [0.1, 0.15) is 5.82 Å². The topological polar surface area (TPSA) is 45.1 Å². The Balaban J connectivity index is 2.32. The predicted octanol–water partition coefficient (Wildman–Crippen LogP) is 2.80. The molecule has 0 saturated carbocycles. The highest BCUT2D eigenvalue weighted by Gasteiger charge is 2.17. The van der Waals surface area contributed by atoms with E-state index in [0.717, 1.165) is 0 Å². The quantitative estimate of drug-likeness (QED) is 0.894. The first kappa shape index (κ1) is 13.9. The van der Waals surface area contributed by atoms with Crippen LogP contribution in [0.2, 0.25) is 0 Å². The van der Waals surface area contributed by atoms with Crippen LogP contribution in [-0.4, -0.2) is 22.2 Å². The fraction of sp³-hybridized carbons (Fsp3) is 0.400. The first-order valence-corrected chi connectivity index (χ1v) is 6.35. The van der Waals surface area contributed by atoms with Gasteiger partial charge in [-0.25, -0.2) is 4.39 Å². The standard InChI is InChI=1S/C15H19FN2O/c1-15(2,3)18-9-13(19)11-6-7-12(16)10-5-4-8-17-14(10)11/h4-8,13,18-19H,9H2,1-3H3/t13-/m0/s1. The van der Waals surface area contributed by atoms with Crippen molar-refractivity contribution in [1.29, 1.82) is 0 Å². The summed E-state index contributed by atoms with van der Waals surface area (Å²) in [5.41, 5.74) is 1.09. The Kier molecular flexibility index (Phi) is 3.83. The maximum absolute atomic E-state index is 13.7. The summed E-state index contributed by atoms with van der Waals surface area (Å²) >= 11 is 0. The molecule has 0 amide bonds. The highest BCUT2D eigenvalue weighted by atomic mass is 19.1. The van der Waals surface area contributed by atoms with E-state index >= 15 is 0 Å². The van der Waals surface area contributed by atoms with Gasteiger partial charge >= 0.3 is 0 Å². The van der Waals surface area contributed by atoms with Crippen LogP contribution < -0.4 is 5.32 Å². The van der Waals surface area contributed by atoms with Gasteiger partial charge < -0.3 is 10.4 Å². The van der Waals surface area contributed by atoms with E-state index in [1.165, 1.54) is 6.07 Å². The lowest BCUT2D eigenvalue weighted by molar-refractivity contribution is 0.164. The molecule has 1 heterocycles. The number of benzene rings is 1. The minimum absolute atomic E-state index is 0.0791. The average Bonchev–Trinajstić information content (AvgIpc) is 2.36. The Hall–Kier alpha value is -1.52. The van der Waals surface area contributed by atoms with Crippen molar-refractivity contribution >= 4 is 10.9 Å². The van der Waals surface area contributed by atoms with Crippen LogP contribution in [0.1, 0.15) is 32.4 Å². The second-order valence-electron chi connectivity index (χ2n) is 5.68. The van der Waals surface area contributed by atoms with Gasteiger partial charge in [-0.15, -0.1) is 0 Å². The van der Waals surface area contributed by atoms with Gasteiger partial charge in [-0.3, -0.25) is 4.98 Å². The summed E-state index contributed by atoms with van der Waals surface area (Å²) in [6, 6.07) is 6.33. The minimum atomic E-state index is -0.711. The van der Waals surface area contributed by atoms with E-state index in [2.05, 4.69) is 10.3 Å². The molecule has 0 bridgehead atoms. The Morgan fingerprint density at radius 1 is 1.32 bits per heavy atom. The fourth-order valence-electron chi connectivity index (χ4n) is 1.94. The third-order valence-corrected chi connectivity index (χ3v) is 2.93. The molecule has 0 radical (unpaired) electrons. The van der Waals surface area contributed by atoms with E-state index < -0.39 is 6.10 Å². The lowest BCUT2D eigenvalue weighted by atomic mass is 10.0. The number of aliphatic hydroxyl groups is 1. The van der Waals surface area contributed by atoms with E-state index in [0.29, 0.717) is 23.0 Å². The lowest BCUT2D eigenvalue weighted by Gasteiger charge is -2.23. The number of β-amino-alcohol motifs (C(OH)–C–C–N with tert-alkyl or cyclic N) is 1. The maximum Gasteiger partial charge on any atom is 0.132 e. The van der Waals surface area contributed by atoms with Gasteiger partial charge in [0, 0.05) is 29.2 Å². The summed E-state index contributed by atoms with van der Waals surface area (Å²) in [6.45, 7) is 6.49. The van der Waals surface area contributed by atoms with Gasteiger partial charge in [-0.2, -0.15) is 0 Å². The number of fused-ring (bicyclic) bond motifs is 1. The van der Waals surface area contributed by atoms with Crippen LogP contribution in [-0.2, 0) is 0 Å². The molecule has 2 N–H and O–H groups in total. The number of nitrogens with zero attached hydrogens (tertiary/aromatic N) is 1. The monoisotopic (exact) mass is 262 g/mol. The molecule has 1 aromatic carbocycles. The van der Waals surface area contributed by atoms with Gasteiger partial charge in [0.25, 0.3) is 0 Å². The zero-order valence-corrected chi connectivity index (χ0v) is 11.4. The van der Waals surface area contributed by atoms with Gasteiger partial charge in [-0.1, -0.05) is 6.07 Å². The van der Waals surface area contributed by atoms with Crippen molar-refractivity contribution in [3.8, 4) is 0 Å². The van der Waals surface area contributed by atoms with Crippen molar-refractivity contribution in [3.63, 3.8) is 0 Å². The van der Waals surface area contributed by atoms with E-state index in [9.17, 15) is 9.50 Å². The van der Waals surface area contributed by atoms with Crippen LogP contribution in [0.5, 0.6) is 0 Å². The lowest BCUT2D eigenvalue weighted by Crippen LogP contribution is -2.38. The van der Waals surface area contributed by atoms with Crippen molar-refractivity contribution in [2.45, 2.75) is 32.4 Å². The van der Waals surface area contributed by atoms with Crippen molar-refractivity contribution in [3.05, 3.63) is 41.8 Å². The predicted molar refractivity (Wildman–Crippen MR) is 74.4 cm³/mol. The van der Waals surface area contributed by atoms with E-state index in [-0.39, 0.29) is 11.4 Å². The maximum atomic E-state index is 13.7. The highest BCUT2D eigenvalue weighted by Crippen LogP contribution is 2.24. The number of hydrogen-bond acceptors (Lipinski definition) is 3. The molecule has 0 aliphatic carbocycles. The average molecular weight is 262 g/mol. The first-order chi connectivity index (χ1) is 8.88. The Bertz CT molecular complexity index is 578. The molecule has 1 atom stereocenters. The smallest absolute Gasteiger partial charge is 0.132 e. The third kappa shape index (κ3) is 3.28. The van der Waals surface area contributed by atoms with E-state index in [1.807, 2.05) is 20.8 Å². The second-order valence-corrected chi connectivity index (χ2v) is 5.68. The fourth-order valence-corrected chi connectivity index (χ4v) is 1.94. The molecule has 2 aromatic rings. The molecule has 4 heteroatoms. The van der Waals surface area contributed by atoms with Crippen LogP contribution in [0.25, 0.3) is 10.9 Å². The number of nitrogens with one attached hydrogen (secondary N) is 1. The number of aromatic nitrogens is 1. The molecule has 3 nitrogen and oxygen atoms in total. The normalized spacial score (nSPS) is 13.7. The molecule has 1 aromatic heterocycles. The van der Waals surface area contributed by atoms with Crippen molar-refractivity contribution < 1.29 is 9.50 Å². The summed E-state index contributed by atoms with van der Waals surface area (Å²) in [4.78, 5) is 4.18. The minimum Gasteiger partial charge on any atom is -0.387 e. The summed E-state index contributed by atoms with van der Waals surface area (Å²) in [7, 11) is 0. The van der Waals surface area contributed by atoms with Gasteiger partial charge in [0.05, 0.1) is 11.6 Å². The molecular weight excluding hydrogens is 243 g/mol. The van der Waals surface area contributed by atoms with Crippen LogP contribution in [0.15, 0.2) is 30.5 Å². The molecule has 0 saturated heterocycles. The number of pyridine rings is 1. The van der Waals surface area contributed by atoms with Crippen molar-refractivity contribution in [2.24, 2.45) is 0 Å². The molecule has 19 heavy (non-hydrogen) atoms. The zero-order valence-electron chi connectivity index (χ0n) is 11.4. The third-order valence-electron chi connectivity index (χ3n) is 2.93. The molecule has 0 spiro atoms. The Morgan fingerprint density at radius 2 is 2.05 bits per heavy atom. The molecule has 2 rings (SSSR count). The van der Waals surface area contributed by atoms with Crippen LogP contribution in [0.4, 0.5) is 4.39 Å². The van der Waals surface area contributed by atoms with Crippen molar-refractivity contribution in [1.82, 2.24) is 10.3 Å². The molecule has 0 aliphatic heterocycles. The Labute approximate surface area is 112 Å². The van der Waals surface area contributed by atoms with Gasteiger partial charge in [0.15, 0.2) is 0 Å². The number of halogens is 1. The number of rotatable bonds is 3. The van der Waals surface area contributed by atoms with Gasteiger partial charge in [-0.05, 0) is 39.0 Å². The van der Waals surface area contributed by atoms with Crippen molar-refractivity contribution in [2.75, 3.05) is 6.54 Å². The number of hydrogen-bond donors (Lipinski definition) is 2. The van der Waals surface area contributed by atoms with Crippen LogP contribution in [0.3, 0.4) is 0 Å². The zero-order chi connectivity index (χ0) is 14.0. The van der Waals surface area contributed by atoms with E-state index in [1.54, 1.807) is 24.4 Å². The number of aliphatic hydroxyl groups excluding tert-OH is 1. The summed E-state index contributed by atoms with van der Waals surface area (Å²) in [5, 5.41) is 13.9. The van der Waals surface area contributed by atoms with Crippen LogP contribution in [0, 0.1) is 5.82 Å². The molecule has 0 aliphatic rings. The summed E-state index contributed by atoms with van der Waals surface area (Å²) in [6.07, 6.45) is 0.895. The summed E-state index contributed by atoms with van der Waals surface area (Å²) in [5.74, 6) is -0.317. The SMILES string of the molecule is CC(C)(C)NC[C@H](O)c1ccc(F)c2cccnc12. The molecule has 0 fully saturated rings. The molecular formula is C15H19FN2O. The largest absolute Gasteiger partial charge is 0.387 e. The Morgan fingerprint density at radius 3 is 2.74 bits per heavy atom.